The lowest BCUT2D eigenvalue weighted by Crippen LogP contribution is -2.37. The predicted molar refractivity (Wildman–Crippen MR) is 142 cm³/mol. The monoisotopic (exact) mass is 557 g/mol. The number of hydrogen-bond acceptors (Lipinski definition) is 6. The number of hydrogen-bond donors (Lipinski definition) is 1. The number of benzene rings is 3. The average molecular weight is 558 g/mol. The minimum atomic E-state index is -0.417. The summed E-state index contributed by atoms with van der Waals surface area (Å²) >= 11 is 4.51. The van der Waals surface area contributed by atoms with Crippen molar-refractivity contribution in [3.05, 3.63) is 104 Å². The number of amides is 2. The number of nitrogens with one attached hydrogen (secondary N) is 1. The largest absolute Gasteiger partial charge is 0.325 e. The van der Waals surface area contributed by atoms with Crippen molar-refractivity contribution in [3.63, 3.8) is 0 Å². The smallest absolute Gasteiger partial charge is 0.291 e. The van der Waals surface area contributed by atoms with Gasteiger partial charge in [-0.25, -0.2) is 0 Å². The average Bonchev–Trinajstić information content (AvgIpc) is 3.51. The van der Waals surface area contributed by atoms with Crippen molar-refractivity contribution in [2.45, 2.75) is 0 Å². The molecule has 0 spiro atoms. The van der Waals surface area contributed by atoms with Crippen LogP contribution in [0.2, 0.25) is 0 Å². The standard InChI is InChI=1S/C26H16BrN5O3S/c27-16-12-10-15(11-13-16)23-29-26-32(30-23)25(35)22(36-26)21-18-8-4-5-9-19(18)31(24(21)34)14-20(33)28-17-6-2-1-3-7-17/h1-13H,14H2,(H,28,33). The molecule has 1 aliphatic rings. The first-order valence-corrected chi connectivity index (χ1v) is 12.6. The van der Waals surface area contributed by atoms with E-state index in [0.717, 1.165) is 21.4 Å². The molecule has 3 aromatic carbocycles. The Hall–Kier alpha value is -4.15. The van der Waals surface area contributed by atoms with Crippen LogP contribution in [0.25, 0.3) is 21.9 Å². The summed E-state index contributed by atoms with van der Waals surface area (Å²) in [6.07, 6.45) is 0. The Morgan fingerprint density at radius 3 is 2.42 bits per heavy atom. The van der Waals surface area contributed by atoms with Crippen LogP contribution in [0, 0.1) is 0 Å². The molecule has 0 bridgehead atoms. The maximum Gasteiger partial charge on any atom is 0.291 e. The molecule has 1 N–H and O–H groups in total. The first-order chi connectivity index (χ1) is 17.5. The second-order valence-electron chi connectivity index (χ2n) is 8.07. The van der Waals surface area contributed by atoms with Gasteiger partial charge in [-0.3, -0.25) is 19.3 Å². The second-order valence-corrected chi connectivity index (χ2v) is 9.96. The molecule has 0 unspecified atom stereocenters. The molecule has 0 fully saturated rings. The summed E-state index contributed by atoms with van der Waals surface area (Å²) in [5.74, 6) is -0.316. The lowest BCUT2D eigenvalue weighted by Gasteiger charge is -2.16. The van der Waals surface area contributed by atoms with Crippen LogP contribution >= 0.6 is 27.3 Å². The van der Waals surface area contributed by atoms with Crippen LogP contribution in [0.15, 0.2) is 88.1 Å². The number of halogens is 1. The summed E-state index contributed by atoms with van der Waals surface area (Å²) in [5.41, 5.74) is 2.44. The van der Waals surface area contributed by atoms with E-state index >= 15 is 0 Å². The van der Waals surface area contributed by atoms with Gasteiger partial charge >= 0.3 is 0 Å². The highest BCUT2D eigenvalue weighted by molar-refractivity contribution is 9.10. The molecule has 5 aromatic rings. The highest BCUT2D eigenvalue weighted by Crippen LogP contribution is 2.35. The number of fused-ring (bicyclic) bond motifs is 2. The molecule has 2 aromatic heterocycles. The van der Waals surface area contributed by atoms with Crippen LogP contribution in [-0.4, -0.2) is 33.0 Å². The fourth-order valence-electron chi connectivity index (χ4n) is 4.13. The Labute approximate surface area is 216 Å². The van der Waals surface area contributed by atoms with E-state index in [1.54, 1.807) is 36.4 Å². The van der Waals surface area contributed by atoms with Gasteiger partial charge < -0.3 is 5.32 Å². The number of carbonyl (C=O) groups excluding carboxylic acids is 2. The van der Waals surface area contributed by atoms with Gasteiger partial charge in [-0.2, -0.15) is 9.50 Å². The van der Waals surface area contributed by atoms with E-state index in [-0.39, 0.29) is 22.6 Å². The van der Waals surface area contributed by atoms with Gasteiger partial charge in [0.25, 0.3) is 11.5 Å². The first kappa shape index (κ1) is 22.3. The lowest BCUT2D eigenvalue weighted by atomic mass is 10.1. The Bertz CT molecular complexity index is 1760. The van der Waals surface area contributed by atoms with E-state index < -0.39 is 11.5 Å². The van der Waals surface area contributed by atoms with Crippen molar-refractivity contribution < 1.29 is 9.59 Å². The lowest BCUT2D eigenvalue weighted by molar-refractivity contribution is -0.118. The summed E-state index contributed by atoms with van der Waals surface area (Å²) in [4.78, 5) is 45.9. The van der Waals surface area contributed by atoms with Crippen molar-refractivity contribution in [2.75, 3.05) is 16.8 Å². The van der Waals surface area contributed by atoms with Gasteiger partial charge in [-0.1, -0.05) is 75.8 Å². The highest BCUT2D eigenvalue weighted by Gasteiger charge is 2.35. The summed E-state index contributed by atoms with van der Waals surface area (Å²) < 4.78 is 2.40. The first-order valence-electron chi connectivity index (χ1n) is 11.0. The molecule has 0 saturated carbocycles. The zero-order chi connectivity index (χ0) is 24.8. The van der Waals surface area contributed by atoms with Crippen molar-refractivity contribution in [2.24, 2.45) is 0 Å². The molecular formula is C26H16BrN5O3S. The number of rotatable bonds is 4. The number of anilines is 2. The zero-order valence-electron chi connectivity index (χ0n) is 18.5. The third kappa shape index (κ3) is 3.80. The second kappa shape index (κ2) is 8.81. The summed E-state index contributed by atoms with van der Waals surface area (Å²) in [7, 11) is 0. The fraction of sp³-hybridized carbons (Fsp3) is 0.0385. The zero-order valence-corrected chi connectivity index (χ0v) is 20.9. The van der Waals surface area contributed by atoms with Crippen LogP contribution in [0.5, 0.6) is 0 Å². The van der Waals surface area contributed by atoms with Gasteiger partial charge in [0.15, 0.2) is 5.82 Å². The SMILES string of the molecule is O=C(CN1C(=O)C(=c2sc3nc(-c4ccc(Br)cc4)nn3c2=O)c2ccccc21)Nc1ccccc1. The van der Waals surface area contributed by atoms with E-state index in [4.69, 9.17) is 0 Å². The van der Waals surface area contributed by atoms with E-state index in [2.05, 4.69) is 31.3 Å². The van der Waals surface area contributed by atoms with Crippen LogP contribution in [0.3, 0.4) is 0 Å². The van der Waals surface area contributed by atoms with Crippen molar-refractivity contribution >= 4 is 61.0 Å². The minimum absolute atomic E-state index is 0.184. The van der Waals surface area contributed by atoms with E-state index in [9.17, 15) is 14.4 Å². The third-order valence-electron chi connectivity index (χ3n) is 5.77. The van der Waals surface area contributed by atoms with Crippen LogP contribution in [-0.2, 0) is 9.59 Å². The Balaban J connectivity index is 1.40. The maximum absolute atomic E-state index is 13.5. The highest BCUT2D eigenvalue weighted by atomic mass is 79.9. The normalized spacial score (nSPS) is 14.4. The topological polar surface area (TPSA) is 96.7 Å². The van der Waals surface area contributed by atoms with Gasteiger partial charge in [0.1, 0.15) is 11.1 Å². The molecular weight excluding hydrogens is 542 g/mol. The molecule has 10 heteroatoms. The van der Waals surface area contributed by atoms with Gasteiger partial charge in [0.05, 0.1) is 11.3 Å². The molecule has 2 amide bonds. The quantitative estimate of drug-likeness (QED) is 0.365. The van der Waals surface area contributed by atoms with E-state index in [1.807, 2.05) is 42.5 Å². The Kier molecular flexibility index (Phi) is 5.46. The molecule has 0 aliphatic carbocycles. The molecule has 0 atom stereocenters. The summed E-state index contributed by atoms with van der Waals surface area (Å²) in [6.45, 7) is -0.184. The maximum atomic E-state index is 13.5. The van der Waals surface area contributed by atoms with Crippen LogP contribution in [0.4, 0.5) is 11.4 Å². The van der Waals surface area contributed by atoms with Gasteiger partial charge in [0, 0.05) is 21.3 Å². The number of thiazole rings is 1. The molecule has 8 nitrogen and oxygen atoms in total. The molecule has 3 heterocycles. The third-order valence-corrected chi connectivity index (χ3v) is 7.33. The predicted octanol–water partition coefficient (Wildman–Crippen LogP) is 3.48. The molecule has 36 heavy (non-hydrogen) atoms. The van der Waals surface area contributed by atoms with Crippen molar-refractivity contribution in [1.29, 1.82) is 0 Å². The van der Waals surface area contributed by atoms with Crippen molar-refractivity contribution in [3.8, 4) is 11.4 Å². The Morgan fingerprint density at radius 1 is 0.944 bits per heavy atom. The summed E-state index contributed by atoms with van der Waals surface area (Å²) in [5, 5.41) is 7.19. The van der Waals surface area contributed by atoms with Gasteiger partial charge in [0.2, 0.25) is 10.9 Å². The number of carbonyl (C=O) groups is 2. The Morgan fingerprint density at radius 2 is 1.67 bits per heavy atom. The van der Waals surface area contributed by atoms with E-state index in [1.165, 1.54) is 9.42 Å². The van der Waals surface area contributed by atoms with Crippen LogP contribution < -0.4 is 20.3 Å². The molecule has 1 aliphatic heterocycles. The number of aromatic nitrogens is 3. The molecule has 0 radical (unpaired) electrons. The minimum Gasteiger partial charge on any atom is -0.325 e. The molecule has 6 rings (SSSR count). The molecule has 176 valence electrons. The number of para-hydroxylation sites is 2. The van der Waals surface area contributed by atoms with Gasteiger partial charge in [-0.05, 0) is 30.3 Å². The van der Waals surface area contributed by atoms with Gasteiger partial charge in [-0.15, -0.1) is 5.10 Å². The van der Waals surface area contributed by atoms with Crippen LogP contribution in [0.1, 0.15) is 5.56 Å². The molecule has 0 saturated heterocycles. The van der Waals surface area contributed by atoms with Crippen molar-refractivity contribution in [1.82, 2.24) is 14.6 Å². The number of nitrogens with zero attached hydrogens (tertiary/aromatic N) is 4. The fourth-order valence-corrected chi connectivity index (χ4v) is 5.39. The summed E-state index contributed by atoms with van der Waals surface area (Å²) in [6, 6.07) is 23.6. The van der Waals surface area contributed by atoms with E-state index in [0.29, 0.717) is 27.7 Å².